The van der Waals surface area contributed by atoms with Crippen molar-refractivity contribution in [1.29, 1.82) is 0 Å². The Balaban J connectivity index is 1.61. The third-order valence-electron chi connectivity index (χ3n) is 5.46. The van der Waals surface area contributed by atoms with Gasteiger partial charge in [0.2, 0.25) is 0 Å². The number of hydrogen-bond acceptors (Lipinski definition) is 4. The van der Waals surface area contributed by atoms with E-state index in [1.807, 2.05) is 42.5 Å². The van der Waals surface area contributed by atoms with Crippen molar-refractivity contribution in [3.05, 3.63) is 102 Å². The molecule has 162 valence electrons. The maximum Gasteiger partial charge on any atom is 0.310 e. The number of fused-ring (bicyclic) bond motifs is 1. The first-order valence-corrected chi connectivity index (χ1v) is 10.9. The van der Waals surface area contributed by atoms with Crippen molar-refractivity contribution in [2.75, 3.05) is 6.61 Å². The Kier molecular flexibility index (Phi) is 6.83. The maximum absolute atomic E-state index is 11.9. The van der Waals surface area contributed by atoms with Gasteiger partial charge >= 0.3 is 5.97 Å². The first-order valence-electron chi connectivity index (χ1n) is 10.9. The summed E-state index contributed by atoms with van der Waals surface area (Å²) in [6.45, 7) is 3.10. The fourth-order valence-corrected chi connectivity index (χ4v) is 3.83. The van der Waals surface area contributed by atoms with Gasteiger partial charge in [0.15, 0.2) is 0 Å². The molecular weight excluding hydrogens is 398 g/mol. The lowest BCUT2D eigenvalue weighted by Crippen LogP contribution is -2.09. The van der Waals surface area contributed by atoms with Crippen LogP contribution in [0.5, 0.6) is 5.75 Å². The summed E-state index contributed by atoms with van der Waals surface area (Å²) >= 11 is 0. The van der Waals surface area contributed by atoms with E-state index in [1.165, 1.54) is 0 Å². The van der Waals surface area contributed by atoms with Crippen molar-refractivity contribution in [2.24, 2.45) is 5.73 Å². The van der Waals surface area contributed by atoms with Crippen LogP contribution in [0.3, 0.4) is 0 Å². The second-order valence-corrected chi connectivity index (χ2v) is 7.64. The van der Waals surface area contributed by atoms with Crippen LogP contribution in [-0.2, 0) is 29.1 Å². The van der Waals surface area contributed by atoms with E-state index in [-0.39, 0.29) is 12.4 Å². The van der Waals surface area contributed by atoms with E-state index in [1.54, 1.807) is 6.92 Å². The van der Waals surface area contributed by atoms with Gasteiger partial charge in [0, 0.05) is 12.1 Å². The molecule has 4 aromatic carbocycles. The number of ether oxygens (including phenoxy) is 2. The zero-order chi connectivity index (χ0) is 22.3. The number of benzene rings is 4. The number of hydrogen-bond donors (Lipinski definition) is 1. The van der Waals surface area contributed by atoms with Crippen LogP contribution in [0.4, 0.5) is 0 Å². The van der Waals surface area contributed by atoms with Gasteiger partial charge < -0.3 is 15.2 Å². The highest BCUT2D eigenvalue weighted by Gasteiger charge is 2.11. The summed E-state index contributed by atoms with van der Waals surface area (Å²) in [6, 6.07) is 28.6. The third kappa shape index (κ3) is 4.98. The predicted octanol–water partition coefficient (Wildman–Crippen LogP) is 5.65. The molecule has 0 spiro atoms. The quantitative estimate of drug-likeness (QED) is 0.371. The van der Waals surface area contributed by atoms with E-state index < -0.39 is 0 Å². The van der Waals surface area contributed by atoms with E-state index in [9.17, 15) is 4.79 Å². The molecule has 2 N–H and O–H groups in total. The summed E-state index contributed by atoms with van der Waals surface area (Å²) in [4.78, 5) is 11.9. The number of rotatable bonds is 8. The van der Waals surface area contributed by atoms with Gasteiger partial charge in [-0.2, -0.15) is 0 Å². The van der Waals surface area contributed by atoms with Crippen LogP contribution in [-0.4, -0.2) is 12.6 Å². The van der Waals surface area contributed by atoms with Crippen molar-refractivity contribution in [1.82, 2.24) is 0 Å². The summed E-state index contributed by atoms with van der Waals surface area (Å²) in [6.07, 6.45) is 0.196. The van der Waals surface area contributed by atoms with Crippen LogP contribution in [0.25, 0.3) is 21.9 Å². The Labute approximate surface area is 188 Å². The molecule has 4 rings (SSSR count). The van der Waals surface area contributed by atoms with Crippen LogP contribution >= 0.6 is 0 Å². The molecule has 4 heteroatoms. The Morgan fingerprint density at radius 2 is 1.62 bits per heavy atom. The number of carbonyl (C=O) groups is 1. The molecule has 0 aliphatic heterocycles. The van der Waals surface area contributed by atoms with Gasteiger partial charge in [-0.15, -0.1) is 0 Å². The van der Waals surface area contributed by atoms with E-state index in [0.29, 0.717) is 25.5 Å². The standard InChI is InChI=1S/C28H27NO3/c1-2-31-28(30)17-24-8-3-4-12-27(24)32-19-25-11-6-9-21-13-14-23(16-26(21)25)22-10-5-7-20(15-22)18-29/h3-16H,2,17-19,29H2,1H3. The zero-order valence-electron chi connectivity index (χ0n) is 18.2. The molecular formula is C28H27NO3. The monoisotopic (exact) mass is 425 g/mol. The summed E-state index contributed by atoms with van der Waals surface area (Å²) in [5.41, 5.74) is 11.1. The maximum atomic E-state index is 11.9. The highest BCUT2D eigenvalue weighted by molar-refractivity contribution is 5.90. The lowest BCUT2D eigenvalue weighted by molar-refractivity contribution is -0.142. The largest absolute Gasteiger partial charge is 0.489 e. The molecule has 0 saturated heterocycles. The molecule has 4 nitrogen and oxygen atoms in total. The Morgan fingerprint density at radius 3 is 2.47 bits per heavy atom. The fourth-order valence-electron chi connectivity index (χ4n) is 3.83. The van der Waals surface area contributed by atoms with Crippen LogP contribution in [0.2, 0.25) is 0 Å². The molecule has 0 aliphatic carbocycles. The number of esters is 1. The number of carbonyl (C=O) groups excluding carboxylic acids is 1. The van der Waals surface area contributed by atoms with Gasteiger partial charge in [0.05, 0.1) is 13.0 Å². The molecule has 0 aliphatic rings. The molecule has 0 radical (unpaired) electrons. The van der Waals surface area contributed by atoms with Crippen molar-refractivity contribution in [2.45, 2.75) is 26.5 Å². The first kappa shape index (κ1) is 21.6. The van der Waals surface area contributed by atoms with E-state index in [0.717, 1.165) is 38.6 Å². The van der Waals surface area contributed by atoms with Gasteiger partial charge in [-0.25, -0.2) is 0 Å². The van der Waals surface area contributed by atoms with Crippen molar-refractivity contribution in [3.63, 3.8) is 0 Å². The van der Waals surface area contributed by atoms with Gasteiger partial charge in [-0.05, 0) is 58.1 Å². The minimum Gasteiger partial charge on any atom is -0.489 e. The SMILES string of the molecule is CCOC(=O)Cc1ccccc1OCc1cccc2ccc(-c3cccc(CN)c3)cc12. The Hall–Kier alpha value is -3.63. The highest BCUT2D eigenvalue weighted by Crippen LogP contribution is 2.28. The van der Waals surface area contributed by atoms with E-state index >= 15 is 0 Å². The Bertz CT molecular complexity index is 1230. The third-order valence-corrected chi connectivity index (χ3v) is 5.46. The molecule has 32 heavy (non-hydrogen) atoms. The highest BCUT2D eigenvalue weighted by atomic mass is 16.5. The fraction of sp³-hybridized carbons (Fsp3) is 0.179. The average Bonchev–Trinajstić information content (AvgIpc) is 2.83. The lowest BCUT2D eigenvalue weighted by atomic mass is 9.97. The van der Waals surface area contributed by atoms with Gasteiger partial charge in [0.1, 0.15) is 12.4 Å². The topological polar surface area (TPSA) is 61.5 Å². The Morgan fingerprint density at radius 1 is 0.844 bits per heavy atom. The second-order valence-electron chi connectivity index (χ2n) is 7.64. The first-order chi connectivity index (χ1) is 15.7. The molecule has 0 fully saturated rings. The minimum atomic E-state index is -0.252. The van der Waals surface area contributed by atoms with Crippen molar-refractivity contribution < 1.29 is 14.3 Å². The molecule has 0 bridgehead atoms. The summed E-state index contributed by atoms with van der Waals surface area (Å²) < 4.78 is 11.3. The lowest BCUT2D eigenvalue weighted by Gasteiger charge is -2.13. The van der Waals surface area contributed by atoms with Crippen LogP contribution in [0, 0.1) is 0 Å². The average molecular weight is 426 g/mol. The molecule has 0 amide bonds. The van der Waals surface area contributed by atoms with Crippen LogP contribution in [0.1, 0.15) is 23.6 Å². The molecule has 0 unspecified atom stereocenters. The van der Waals surface area contributed by atoms with Crippen LogP contribution in [0.15, 0.2) is 84.9 Å². The summed E-state index contributed by atoms with van der Waals surface area (Å²) in [7, 11) is 0. The summed E-state index contributed by atoms with van der Waals surface area (Å²) in [5, 5.41) is 2.30. The molecule has 0 heterocycles. The normalized spacial score (nSPS) is 10.8. The number of para-hydroxylation sites is 1. The van der Waals surface area contributed by atoms with Gasteiger partial charge in [0.25, 0.3) is 0 Å². The summed E-state index contributed by atoms with van der Waals surface area (Å²) in [5.74, 6) is 0.447. The smallest absolute Gasteiger partial charge is 0.310 e. The van der Waals surface area contributed by atoms with Crippen molar-refractivity contribution >= 4 is 16.7 Å². The van der Waals surface area contributed by atoms with Crippen LogP contribution < -0.4 is 10.5 Å². The molecule has 4 aromatic rings. The van der Waals surface area contributed by atoms with Crippen molar-refractivity contribution in [3.8, 4) is 16.9 Å². The van der Waals surface area contributed by atoms with E-state index in [2.05, 4.69) is 42.5 Å². The predicted molar refractivity (Wildman–Crippen MR) is 128 cm³/mol. The van der Waals surface area contributed by atoms with Gasteiger partial charge in [-0.1, -0.05) is 66.7 Å². The van der Waals surface area contributed by atoms with E-state index in [4.69, 9.17) is 15.2 Å². The number of nitrogens with two attached hydrogens (primary N) is 1. The zero-order valence-corrected chi connectivity index (χ0v) is 18.2. The molecule has 0 atom stereocenters. The van der Waals surface area contributed by atoms with Gasteiger partial charge in [-0.3, -0.25) is 4.79 Å². The second kappa shape index (κ2) is 10.1. The minimum absolute atomic E-state index is 0.196. The molecule has 0 saturated carbocycles. The molecule has 0 aromatic heterocycles.